The number of β-amino-alcohol motifs (C(OH)–C–C–N with tert-alkyl or cyclic N) is 1. The van der Waals surface area contributed by atoms with E-state index in [0.29, 0.717) is 12.3 Å². The van der Waals surface area contributed by atoms with Crippen LogP contribution in [0.1, 0.15) is 20.8 Å². The molecular formula is C11H21N3OS. The fourth-order valence-electron chi connectivity index (χ4n) is 1.14. The molecule has 1 unspecified atom stereocenters. The number of hydrogen-bond donors (Lipinski definition) is 2. The van der Waals surface area contributed by atoms with Gasteiger partial charge in [-0.15, -0.1) is 0 Å². The van der Waals surface area contributed by atoms with Gasteiger partial charge in [0.25, 0.3) is 0 Å². The molecule has 1 aromatic heterocycles. The monoisotopic (exact) mass is 243 g/mol. The quantitative estimate of drug-likeness (QED) is 0.765. The number of aliphatic hydroxyl groups excluding tert-OH is 1. The second kappa shape index (κ2) is 5.70. The van der Waals surface area contributed by atoms with Gasteiger partial charge in [-0.3, -0.25) is 0 Å². The summed E-state index contributed by atoms with van der Waals surface area (Å²) in [5.41, 5.74) is 0.0505. The second-order valence-corrected chi connectivity index (χ2v) is 5.90. The maximum Gasteiger partial charge on any atom is 0.167 e. The van der Waals surface area contributed by atoms with Crippen molar-refractivity contribution >= 4 is 11.8 Å². The smallest absolute Gasteiger partial charge is 0.167 e. The standard InChI is InChI=1S/C11H21N3OS/c1-11(2,3)13-7-9(15)8-16-10-12-5-6-14(10)4/h5-6,9,13,15H,7-8H2,1-4H3. The number of imidazole rings is 1. The highest BCUT2D eigenvalue weighted by molar-refractivity contribution is 7.99. The zero-order valence-corrected chi connectivity index (χ0v) is 11.2. The van der Waals surface area contributed by atoms with Crippen LogP contribution in [0.15, 0.2) is 17.6 Å². The highest BCUT2D eigenvalue weighted by Gasteiger charge is 2.13. The molecule has 0 radical (unpaired) electrons. The molecule has 0 spiro atoms. The van der Waals surface area contributed by atoms with E-state index in [-0.39, 0.29) is 11.6 Å². The molecular weight excluding hydrogens is 222 g/mol. The van der Waals surface area contributed by atoms with Crippen molar-refractivity contribution in [3.63, 3.8) is 0 Å². The maximum atomic E-state index is 9.78. The summed E-state index contributed by atoms with van der Waals surface area (Å²) in [6, 6.07) is 0. The van der Waals surface area contributed by atoms with Crippen LogP contribution in [-0.2, 0) is 7.05 Å². The minimum Gasteiger partial charge on any atom is -0.391 e. The Morgan fingerprint density at radius 1 is 1.56 bits per heavy atom. The van der Waals surface area contributed by atoms with Crippen LogP contribution in [0.3, 0.4) is 0 Å². The molecule has 0 saturated carbocycles. The van der Waals surface area contributed by atoms with Gasteiger partial charge < -0.3 is 15.0 Å². The molecule has 0 aliphatic heterocycles. The van der Waals surface area contributed by atoms with Crippen molar-refractivity contribution in [3.05, 3.63) is 12.4 Å². The molecule has 0 amide bonds. The highest BCUT2D eigenvalue weighted by Crippen LogP contribution is 2.15. The van der Waals surface area contributed by atoms with Crippen LogP contribution in [0.4, 0.5) is 0 Å². The average molecular weight is 243 g/mol. The van der Waals surface area contributed by atoms with Crippen molar-refractivity contribution in [2.45, 2.75) is 37.6 Å². The van der Waals surface area contributed by atoms with Crippen molar-refractivity contribution in [3.8, 4) is 0 Å². The van der Waals surface area contributed by atoms with Gasteiger partial charge in [0.1, 0.15) is 0 Å². The Bertz CT molecular complexity index is 319. The number of aliphatic hydroxyl groups is 1. The van der Waals surface area contributed by atoms with Gasteiger partial charge in [0, 0.05) is 37.3 Å². The summed E-state index contributed by atoms with van der Waals surface area (Å²) in [4.78, 5) is 4.19. The molecule has 0 bridgehead atoms. The van der Waals surface area contributed by atoms with Crippen molar-refractivity contribution in [1.29, 1.82) is 0 Å². The number of nitrogens with one attached hydrogen (secondary N) is 1. The van der Waals surface area contributed by atoms with E-state index in [9.17, 15) is 5.11 Å². The van der Waals surface area contributed by atoms with Gasteiger partial charge in [-0.05, 0) is 20.8 Å². The normalized spacial score (nSPS) is 14.1. The molecule has 4 nitrogen and oxygen atoms in total. The predicted octanol–water partition coefficient (Wildman–Crippen LogP) is 1.26. The van der Waals surface area contributed by atoms with Crippen LogP contribution in [0, 0.1) is 0 Å². The molecule has 5 heteroatoms. The summed E-state index contributed by atoms with van der Waals surface area (Å²) in [6.45, 7) is 6.88. The number of nitrogens with zero attached hydrogens (tertiary/aromatic N) is 2. The van der Waals surface area contributed by atoms with Gasteiger partial charge >= 0.3 is 0 Å². The summed E-state index contributed by atoms with van der Waals surface area (Å²) >= 11 is 1.57. The Kier molecular flexibility index (Phi) is 4.83. The Balaban J connectivity index is 2.25. The zero-order valence-electron chi connectivity index (χ0n) is 10.4. The Morgan fingerprint density at radius 2 is 2.25 bits per heavy atom. The van der Waals surface area contributed by atoms with Crippen LogP contribution >= 0.6 is 11.8 Å². The highest BCUT2D eigenvalue weighted by atomic mass is 32.2. The fourth-order valence-corrected chi connectivity index (χ4v) is 2.00. The molecule has 0 saturated heterocycles. The molecule has 92 valence electrons. The summed E-state index contributed by atoms with van der Waals surface area (Å²) in [5, 5.41) is 14.0. The maximum absolute atomic E-state index is 9.78. The average Bonchev–Trinajstić information content (AvgIpc) is 2.57. The molecule has 1 heterocycles. The lowest BCUT2D eigenvalue weighted by molar-refractivity contribution is 0.183. The minimum absolute atomic E-state index is 0.0505. The number of thioether (sulfide) groups is 1. The Hall–Kier alpha value is -0.520. The summed E-state index contributed by atoms with van der Waals surface area (Å²) in [7, 11) is 1.95. The molecule has 0 fully saturated rings. The minimum atomic E-state index is -0.346. The molecule has 0 aromatic carbocycles. The van der Waals surface area contributed by atoms with E-state index in [0.717, 1.165) is 5.16 Å². The molecule has 0 aliphatic rings. The second-order valence-electron chi connectivity index (χ2n) is 4.92. The van der Waals surface area contributed by atoms with Crippen molar-refractivity contribution in [2.75, 3.05) is 12.3 Å². The Morgan fingerprint density at radius 3 is 2.75 bits per heavy atom. The molecule has 1 atom stereocenters. The van der Waals surface area contributed by atoms with E-state index >= 15 is 0 Å². The number of aryl methyl sites for hydroxylation is 1. The first-order valence-electron chi connectivity index (χ1n) is 5.42. The van der Waals surface area contributed by atoms with Gasteiger partial charge in [-0.1, -0.05) is 11.8 Å². The third kappa shape index (κ3) is 5.01. The fraction of sp³-hybridized carbons (Fsp3) is 0.727. The van der Waals surface area contributed by atoms with Crippen LogP contribution in [0.25, 0.3) is 0 Å². The van der Waals surface area contributed by atoms with E-state index in [1.165, 1.54) is 0 Å². The third-order valence-electron chi connectivity index (χ3n) is 2.05. The SMILES string of the molecule is Cn1ccnc1SCC(O)CNC(C)(C)C. The summed E-state index contributed by atoms with van der Waals surface area (Å²) in [6.07, 6.45) is 3.32. The van der Waals surface area contributed by atoms with Crippen LogP contribution in [0.5, 0.6) is 0 Å². The topological polar surface area (TPSA) is 50.1 Å². The van der Waals surface area contributed by atoms with Crippen molar-refractivity contribution in [1.82, 2.24) is 14.9 Å². The third-order valence-corrected chi connectivity index (χ3v) is 3.25. The Labute approximate surface area is 101 Å². The van der Waals surface area contributed by atoms with Gasteiger partial charge in [-0.2, -0.15) is 0 Å². The van der Waals surface area contributed by atoms with Crippen LogP contribution in [-0.4, -0.2) is 38.6 Å². The number of rotatable bonds is 5. The van der Waals surface area contributed by atoms with E-state index in [1.807, 2.05) is 17.8 Å². The van der Waals surface area contributed by atoms with Gasteiger partial charge in [0.15, 0.2) is 5.16 Å². The molecule has 1 aromatic rings. The van der Waals surface area contributed by atoms with Gasteiger partial charge in [0.2, 0.25) is 0 Å². The lowest BCUT2D eigenvalue weighted by atomic mass is 10.1. The largest absolute Gasteiger partial charge is 0.391 e. The molecule has 1 rings (SSSR count). The van der Waals surface area contributed by atoms with Gasteiger partial charge in [0.05, 0.1) is 6.10 Å². The van der Waals surface area contributed by atoms with Crippen LogP contribution in [0.2, 0.25) is 0 Å². The molecule has 2 N–H and O–H groups in total. The first-order chi connectivity index (χ1) is 7.38. The van der Waals surface area contributed by atoms with Crippen molar-refractivity contribution in [2.24, 2.45) is 7.05 Å². The van der Waals surface area contributed by atoms with Crippen molar-refractivity contribution < 1.29 is 5.11 Å². The zero-order chi connectivity index (χ0) is 12.2. The van der Waals surface area contributed by atoms with E-state index in [2.05, 4.69) is 31.1 Å². The summed E-state index contributed by atoms with van der Waals surface area (Å²) < 4.78 is 1.95. The molecule has 16 heavy (non-hydrogen) atoms. The predicted molar refractivity (Wildman–Crippen MR) is 67.7 cm³/mol. The van der Waals surface area contributed by atoms with E-state index in [1.54, 1.807) is 18.0 Å². The number of hydrogen-bond acceptors (Lipinski definition) is 4. The first-order valence-corrected chi connectivity index (χ1v) is 6.40. The first kappa shape index (κ1) is 13.5. The lowest BCUT2D eigenvalue weighted by Gasteiger charge is -2.22. The van der Waals surface area contributed by atoms with E-state index in [4.69, 9.17) is 0 Å². The van der Waals surface area contributed by atoms with Crippen LogP contribution < -0.4 is 5.32 Å². The van der Waals surface area contributed by atoms with E-state index < -0.39 is 0 Å². The van der Waals surface area contributed by atoms with Gasteiger partial charge in [-0.25, -0.2) is 4.98 Å². The number of aromatic nitrogens is 2. The summed E-state index contributed by atoms with van der Waals surface area (Å²) in [5.74, 6) is 0.661. The lowest BCUT2D eigenvalue weighted by Crippen LogP contribution is -2.41. The molecule has 0 aliphatic carbocycles.